The first-order valence-corrected chi connectivity index (χ1v) is 7.19. The maximum atomic E-state index is 13.7. The fraction of sp³-hybridized carbons (Fsp3) is 0.118. The Morgan fingerprint density at radius 3 is 2.64 bits per heavy atom. The van der Waals surface area contributed by atoms with Crippen molar-refractivity contribution in [1.82, 2.24) is 4.98 Å². The van der Waals surface area contributed by atoms with Crippen molar-refractivity contribution in [2.24, 2.45) is 0 Å². The van der Waals surface area contributed by atoms with Crippen molar-refractivity contribution in [3.05, 3.63) is 54.0 Å². The number of carbonyl (C=O) groups excluding carboxylic acids is 1. The number of fused-ring (bicyclic) bond motifs is 1. The molecule has 0 saturated carbocycles. The zero-order valence-corrected chi connectivity index (χ0v) is 13.0. The second-order valence-corrected chi connectivity index (χ2v) is 5.08. The largest absolute Gasteiger partial charge is 0.493 e. The molecular weight excluding hydrogens is 337 g/mol. The minimum Gasteiger partial charge on any atom is -0.493 e. The summed E-state index contributed by atoms with van der Waals surface area (Å²) in [4.78, 5) is 15.1. The minimum absolute atomic E-state index is 0.103. The summed E-state index contributed by atoms with van der Waals surface area (Å²) >= 11 is 0. The van der Waals surface area contributed by atoms with Crippen LogP contribution in [0.5, 0.6) is 11.5 Å². The number of alkyl halides is 2. The van der Waals surface area contributed by atoms with Crippen LogP contribution in [0, 0.1) is 5.82 Å². The molecule has 25 heavy (non-hydrogen) atoms. The van der Waals surface area contributed by atoms with E-state index >= 15 is 0 Å². The van der Waals surface area contributed by atoms with Gasteiger partial charge < -0.3 is 19.8 Å². The Morgan fingerprint density at radius 2 is 1.96 bits per heavy atom. The van der Waals surface area contributed by atoms with Gasteiger partial charge in [0.05, 0.1) is 7.11 Å². The van der Waals surface area contributed by atoms with Crippen LogP contribution in [0.15, 0.2) is 42.5 Å². The fourth-order valence-electron chi connectivity index (χ4n) is 2.38. The summed E-state index contributed by atoms with van der Waals surface area (Å²) in [5.74, 6) is -1.11. The Bertz CT molecular complexity index is 925. The number of ether oxygens (including phenoxy) is 2. The van der Waals surface area contributed by atoms with Gasteiger partial charge in [0.2, 0.25) is 0 Å². The first kappa shape index (κ1) is 16.7. The van der Waals surface area contributed by atoms with Crippen molar-refractivity contribution in [2.45, 2.75) is 6.61 Å². The summed E-state index contributed by atoms with van der Waals surface area (Å²) in [6.07, 6.45) is 0. The van der Waals surface area contributed by atoms with Gasteiger partial charge in [0.25, 0.3) is 5.91 Å². The molecule has 1 amide bonds. The number of aromatic nitrogens is 1. The molecule has 0 saturated heterocycles. The molecule has 8 heteroatoms. The van der Waals surface area contributed by atoms with E-state index in [-0.39, 0.29) is 28.3 Å². The van der Waals surface area contributed by atoms with Gasteiger partial charge in [-0.3, -0.25) is 4.79 Å². The standard InChI is InChI=1S/C17H13F3N2O3/c1-24-14-6-5-9(7-15(14)25-17(19)20)21-16(23)13-8-10-11(18)3-2-4-12(10)22-13/h2-8,17,22H,1H3,(H,21,23). The number of carbonyl (C=O) groups is 1. The van der Waals surface area contributed by atoms with Gasteiger partial charge in [-0.15, -0.1) is 0 Å². The molecule has 0 aliphatic rings. The number of nitrogens with one attached hydrogen (secondary N) is 2. The van der Waals surface area contributed by atoms with E-state index in [0.29, 0.717) is 5.52 Å². The van der Waals surface area contributed by atoms with Crippen molar-refractivity contribution in [1.29, 1.82) is 0 Å². The summed E-state index contributed by atoms with van der Waals surface area (Å²) in [6.45, 7) is -3.03. The van der Waals surface area contributed by atoms with Gasteiger partial charge in [-0.05, 0) is 30.3 Å². The molecule has 2 N–H and O–H groups in total. The van der Waals surface area contributed by atoms with Crippen LogP contribution in [0.1, 0.15) is 10.5 Å². The van der Waals surface area contributed by atoms with E-state index in [0.717, 1.165) is 0 Å². The monoisotopic (exact) mass is 350 g/mol. The van der Waals surface area contributed by atoms with Crippen molar-refractivity contribution < 1.29 is 27.4 Å². The predicted molar refractivity (Wildman–Crippen MR) is 85.8 cm³/mol. The molecule has 5 nitrogen and oxygen atoms in total. The molecule has 0 bridgehead atoms. The van der Waals surface area contributed by atoms with Gasteiger partial charge in [-0.25, -0.2) is 4.39 Å². The number of aromatic amines is 1. The summed E-state index contributed by atoms with van der Waals surface area (Å²) in [7, 11) is 1.31. The van der Waals surface area contributed by atoms with E-state index in [1.807, 2.05) is 0 Å². The minimum atomic E-state index is -3.03. The molecule has 0 radical (unpaired) electrons. The number of anilines is 1. The zero-order valence-electron chi connectivity index (χ0n) is 13.0. The quantitative estimate of drug-likeness (QED) is 0.726. The molecule has 2 aromatic carbocycles. The number of hydrogen-bond donors (Lipinski definition) is 2. The normalized spacial score (nSPS) is 10.9. The van der Waals surface area contributed by atoms with Crippen LogP contribution in [0.2, 0.25) is 0 Å². The number of benzene rings is 2. The maximum Gasteiger partial charge on any atom is 0.387 e. The first-order valence-electron chi connectivity index (χ1n) is 7.19. The van der Waals surface area contributed by atoms with Crippen LogP contribution < -0.4 is 14.8 Å². The molecule has 1 heterocycles. The van der Waals surface area contributed by atoms with Crippen molar-refractivity contribution in [3.8, 4) is 11.5 Å². The average Bonchev–Trinajstić information content (AvgIpc) is 3.00. The van der Waals surface area contributed by atoms with Gasteiger partial charge in [0.1, 0.15) is 11.5 Å². The van der Waals surface area contributed by atoms with Crippen molar-refractivity contribution >= 4 is 22.5 Å². The van der Waals surface area contributed by atoms with Crippen molar-refractivity contribution in [2.75, 3.05) is 12.4 Å². The van der Waals surface area contributed by atoms with E-state index < -0.39 is 18.3 Å². The molecule has 0 fully saturated rings. The zero-order chi connectivity index (χ0) is 18.0. The highest BCUT2D eigenvalue weighted by Gasteiger charge is 2.15. The number of hydrogen-bond acceptors (Lipinski definition) is 3. The highest BCUT2D eigenvalue weighted by Crippen LogP contribution is 2.31. The lowest BCUT2D eigenvalue weighted by Gasteiger charge is -2.12. The molecule has 3 rings (SSSR count). The lowest BCUT2D eigenvalue weighted by Crippen LogP contribution is -2.12. The molecule has 0 unspecified atom stereocenters. The molecule has 0 atom stereocenters. The Morgan fingerprint density at radius 1 is 1.16 bits per heavy atom. The number of methoxy groups -OCH3 is 1. The van der Waals surface area contributed by atoms with Crippen LogP contribution in [-0.4, -0.2) is 24.6 Å². The van der Waals surface area contributed by atoms with Gasteiger partial charge in [0, 0.05) is 22.7 Å². The summed E-state index contributed by atoms with van der Waals surface area (Å²) in [5, 5.41) is 2.81. The van der Waals surface area contributed by atoms with E-state index in [1.165, 1.54) is 43.5 Å². The average molecular weight is 350 g/mol. The molecule has 130 valence electrons. The highest BCUT2D eigenvalue weighted by molar-refractivity contribution is 6.06. The number of halogens is 3. The van der Waals surface area contributed by atoms with Crippen LogP contribution >= 0.6 is 0 Å². The van der Waals surface area contributed by atoms with Crippen LogP contribution in [0.3, 0.4) is 0 Å². The molecule has 3 aromatic rings. The molecule has 0 aliphatic heterocycles. The number of amides is 1. The lowest BCUT2D eigenvalue weighted by molar-refractivity contribution is -0.0511. The van der Waals surface area contributed by atoms with Gasteiger partial charge in [-0.2, -0.15) is 8.78 Å². The van der Waals surface area contributed by atoms with Gasteiger partial charge >= 0.3 is 6.61 Å². The van der Waals surface area contributed by atoms with Gasteiger partial charge in [-0.1, -0.05) is 6.07 Å². The molecular formula is C17H13F3N2O3. The maximum absolute atomic E-state index is 13.7. The van der Waals surface area contributed by atoms with E-state index in [9.17, 15) is 18.0 Å². The van der Waals surface area contributed by atoms with E-state index in [1.54, 1.807) is 6.07 Å². The van der Waals surface area contributed by atoms with Crippen LogP contribution in [0.4, 0.5) is 18.9 Å². The molecule has 1 aromatic heterocycles. The number of rotatable bonds is 5. The SMILES string of the molecule is COc1ccc(NC(=O)c2cc3c(F)cccc3[nH]2)cc1OC(F)F. The van der Waals surface area contributed by atoms with E-state index in [4.69, 9.17) is 4.74 Å². The Balaban J connectivity index is 1.85. The second kappa shape index (κ2) is 6.76. The predicted octanol–water partition coefficient (Wildman–Crippen LogP) is 4.17. The van der Waals surface area contributed by atoms with Crippen LogP contribution in [0.25, 0.3) is 10.9 Å². The highest BCUT2D eigenvalue weighted by atomic mass is 19.3. The smallest absolute Gasteiger partial charge is 0.387 e. The van der Waals surface area contributed by atoms with Crippen LogP contribution in [-0.2, 0) is 0 Å². The molecule has 0 spiro atoms. The summed E-state index contributed by atoms with van der Waals surface area (Å²) < 4.78 is 47.9. The topological polar surface area (TPSA) is 63.3 Å². The lowest BCUT2D eigenvalue weighted by atomic mass is 10.2. The first-order chi connectivity index (χ1) is 12.0. The third kappa shape index (κ3) is 3.52. The Kier molecular flexibility index (Phi) is 4.51. The molecule has 0 aliphatic carbocycles. The summed E-state index contributed by atoms with van der Waals surface area (Å²) in [5.41, 5.74) is 0.828. The Labute approximate surface area is 140 Å². The third-order valence-corrected chi connectivity index (χ3v) is 3.49. The van der Waals surface area contributed by atoms with Crippen molar-refractivity contribution in [3.63, 3.8) is 0 Å². The summed E-state index contributed by atoms with van der Waals surface area (Å²) in [6, 6.07) is 9.89. The van der Waals surface area contributed by atoms with E-state index in [2.05, 4.69) is 15.0 Å². The Hall–Kier alpha value is -3.16. The number of H-pyrrole nitrogens is 1. The van der Waals surface area contributed by atoms with Gasteiger partial charge in [0.15, 0.2) is 11.5 Å². The third-order valence-electron chi connectivity index (χ3n) is 3.49. The fourth-order valence-corrected chi connectivity index (χ4v) is 2.38. The second-order valence-electron chi connectivity index (χ2n) is 5.08.